The van der Waals surface area contributed by atoms with Crippen LogP contribution in [0, 0.1) is 0 Å². The second kappa shape index (κ2) is 41.0. The van der Waals surface area contributed by atoms with Gasteiger partial charge in [0.15, 0.2) is 0 Å². The molecule has 0 amide bonds. The molecule has 14 fully saturated rings. The minimum Gasteiger partial charge on any atom is -0.377 e. The molecule has 0 N–H and O–H groups in total. The Labute approximate surface area is 723 Å². The first-order chi connectivity index (χ1) is 57.2. The van der Waals surface area contributed by atoms with Crippen LogP contribution in [0.4, 0.5) is 0 Å². The van der Waals surface area contributed by atoms with Crippen LogP contribution in [0.2, 0.25) is 0 Å². The lowest BCUT2D eigenvalue weighted by molar-refractivity contribution is 0.0892. The Morgan fingerprint density at radius 2 is 0.632 bits per heavy atom. The molecule has 22 rings (SSSR count). The zero-order valence-corrected chi connectivity index (χ0v) is 73.7. The van der Waals surface area contributed by atoms with Gasteiger partial charge >= 0.3 is 0 Å². The van der Waals surface area contributed by atoms with Gasteiger partial charge in [-0.1, -0.05) is 243 Å². The number of thioether (sulfide) groups is 7. The second-order valence-electron chi connectivity index (χ2n) is 33.6. The molecule has 0 bridgehead atoms. The van der Waals surface area contributed by atoms with Gasteiger partial charge in [-0.2, -0.15) is 23.5 Å². The molecular weight excluding hydrogens is 1600 g/mol. The fourth-order valence-corrected chi connectivity index (χ4v) is 19.7. The predicted molar refractivity (Wildman–Crippen MR) is 480 cm³/mol. The smallest absolute Gasteiger partial charge is 0.112 e. The summed E-state index contributed by atoms with van der Waals surface area (Å²) in [5.74, 6) is 2.51. The van der Waals surface area contributed by atoms with Crippen molar-refractivity contribution in [3.63, 3.8) is 0 Å². The highest BCUT2D eigenvalue weighted by molar-refractivity contribution is 8.09. The summed E-state index contributed by atoms with van der Waals surface area (Å²) in [6.45, 7) is 26.0. The number of benzene rings is 8. The van der Waals surface area contributed by atoms with Crippen molar-refractivity contribution >= 4 is 82.3 Å². The molecule has 14 aliphatic rings. The SMILES string of the molecule is CC1(C)OC1COCC1SC1c1ccccc1.CC1(C)SC1COCC1OC1c1ccccc1.CC1(COCC2OC2c2ccccc2)CS1.CC1(COCC2SC2c2ccccc2)CO1.c1ccc(C2OC2COCC2CS2)cc1.c1ccc(C2OC2COCC2SC2c2ccccc2)cc1.c1ccc(C2SC2COCC2CO2)cc1. The van der Waals surface area contributed by atoms with Gasteiger partial charge in [0.25, 0.3) is 0 Å². The summed E-state index contributed by atoms with van der Waals surface area (Å²) < 4.78 is 79.0. The molecule has 0 aliphatic carbocycles. The van der Waals surface area contributed by atoms with E-state index in [9.17, 15) is 0 Å². The molecule has 0 saturated carbocycles. The summed E-state index contributed by atoms with van der Waals surface area (Å²) in [7, 11) is 0. The monoisotopic (exact) mass is 1710 g/mol. The van der Waals surface area contributed by atoms with Crippen LogP contribution in [0.15, 0.2) is 243 Å². The Bertz CT molecular complexity index is 3990. The van der Waals surface area contributed by atoms with Crippen molar-refractivity contribution in [2.75, 3.05) is 117 Å². The zero-order valence-electron chi connectivity index (χ0n) is 67.9. The normalized spacial score (nSPS) is 33.4. The molecule has 14 nitrogen and oxygen atoms in total. The summed E-state index contributed by atoms with van der Waals surface area (Å²) in [5.41, 5.74) is 10.8. The van der Waals surface area contributed by atoms with E-state index in [1.807, 2.05) is 107 Å². The van der Waals surface area contributed by atoms with Crippen molar-refractivity contribution in [3.8, 4) is 0 Å². The molecule has 0 spiro atoms. The van der Waals surface area contributed by atoms with Gasteiger partial charge in [0, 0.05) is 73.5 Å². The van der Waals surface area contributed by atoms with Gasteiger partial charge in [-0.25, -0.2) is 0 Å². The van der Waals surface area contributed by atoms with Crippen molar-refractivity contribution in [3.05, 3.63) is 287 Å². The van der Waals surface area contributed by atoms with Crippen LogP contribution in [0.5, 0.6) is 0 Å². The molecule has 0 aromatic heterocycles. The quantitative estimate of drug-likeness (QED) is 0.0342. The Morgan fingerprint density at radius 3 is 0.932 bits per heavy atom. The van der Waals surface area contributed by atoms with Gasteiger partial charge < -0.3 is 66.3 Å². The molecule has 14 saturated heterocycles. The predicted octanol–water partition coefficient (Wildman–Crippen LogP) is 19.9. The van der Waals surface area contributed by atoms with E-state index in [2.05, 4.69) is 260 Å². The van der Waals surface area contributed by atoms with E-state index in [-0.39, 0.29) is 60.0 Å². The molecule has 22 atom stereocenters. The van der Waals surface area contributed by atoms with Crippen LogP contribution in [0.25, 0.3) is 0 Å². The molecule has 14 aliphatic heterocycles. The highest BCUT2D eigenvalue weighted by Crippen LogP contribution is 2.58. The third kappa shape index (κ3) is 28.3. The number of hydrogen-bond donors (Lipinski definition) is 0. The largest absolute Gasteiger partial charge is 0.377 e. The Kier molecular flexibility index (Phi) is 30.2. The maximum Gasteiger partial charge on any atom is 0.112 e. The summed E-state index contributed by atoms with van der Waals surface area (Å²) >= 11 is 13.9. The Morgan fingerprint density at radius 1 is 0.350 bits per heavy atom. The van der Waals surface area contributed by atoms with E-state index in [0.29, 0.717) is 75.6 Å². The van der Waals surface area contributed by atoms with Crippen LogP contribution < -0.4 is 0 Å². The third-order valence-corrected chi connectivity index (χ3v) is 31.6. The van der Waals surface area contributed by atoms with E-state index in [4.69, 9.17) is 66.3 Å². The van der Waals surface area contributed by atoms with E-state index < -0.39 is 0 Å². The van der Waals surface area contributed by atoms with Crippen molar-refractivity contribution in [1.82, 2.24) is 0 Å². The molecule has 8 aromatic carbocycles. The van der Waals surface area contributed by atoms with Gasteiger partial charge in [0.2, 0.25) is 0 Å². The zero-order chi connectivity index (χ0) is 80.0. The lowest BCUT2D eigenvalue weighted by Gasteiger charge is -2.05. The van der Waals surface area contributed by atoms with Gasteiger partial charge in [-0.05, 0) is 86.1 Å². The first kappa shape index (κ1) is 86.2. The van der Waals surface area contributed by atoms with Gasteiger partial charge in [0.1, 0.15) is 66.6 Å². The maximum absolute atomic E-state index is 5.84. The summed E-state index contributed by atoms with van der Waals surface area (Å²) in [6, 6.07) is 84.1. The average molecular weight is 1720 g/mol. The summed E-state index contributed by atoms with van der Waals surface area (Å²) in [6.07, 6.45) is 2.81. The first-order valence-corrected chi connectivity index (χ1v) is 48.4. The fourth-order valence-electron chi connectivity index (χ4n) is 13.8. The average Bonchev–Trinajstić information content (AvgIpc) is 1.65. The van der Waals surface area contributed by atoms with E-state index in [0.717, 1.165) is 104 Å². The minimum atomic E-state index is 0.0296. The molecule has 14 heterocycles. The maximum atomic E-state index is 5.84. The summed E-state index contributed by atoms with van der Waals surface area (Å²) in [4.78, 5) is 0. The Balaban J connectivity index is 0.000000102. The molecule has 117 heavy (non-hydrogen) atoms. The van der Waals surface area contributed by atoms with Gasteiger partial charge in [-0.3, -0.25) is 0 Å². The topological polar surface area (TPSA) is 152 Å². The van der Waals surface area contributed by atoms with Crippen LogP contribution in [0.1, 0.15) is 131 Å². The molecular formula is C96H114O14S7. The minimum absolute atomic E-state index is 0.0296. The van der Waals surface area contributed by atoms with Crippen LogP contribution >= 0.6 is 82.3 Å². The van der Waals surface area contributed by atoms with Crippen molar-refractivity contribution in [1.29, 1.82) is 0 Å². The number of ether oxygens (including phenoxy) is 14. The van der Waals surface area contributed by atoms with E-state index in [1.54, 1.807) is 0 Å². The van der Waals surface area contributed by atoms with E-state index >= 15 is 0 Å². The van der Waals surface area contributed by atoms with Crippen molar-refractivity contribution in [2.45, 2.75) is 176 Å². The molecule has 22 unspecified atom stereocenters. The van der Waals surface area contributed by atoms with Crippen LogP contribution in [0.3, 0.4) is 0 Å². The van der Waals surface area contributed by atoms with E-state index in [1.165, 1.54) is 56.0 Å². The molecule has 0 radical (unpaired) electrons. The number of epoxide rings is 7. The van der Waals surface area contributed by atoms with Gasteiger partial charge in [-0.15, -0.1) is 58.8 Å². The molecule has 624 valence electrons. The highest BCUT2D eigenvalue weighted by Gasteiger charge is 2.51. The first-order valence-electron chi connectivity index (χ1n) is 41.7. The second-order valence-corrected chi connectivity index (χ2v) is 43.9. The number of rotatable bonds is 36. The lowest BCUT2D eigenvalue weighted by Crippen LogP contribution is -2.16. The standard InChI is InChI=1S/C18H18O2S.2C14H18O2S.2C13H16O2S.2C12H14O2S/c1-3-7-13(8-4-1)17-15(20-17)11-19-12-16-18(21-16)14-9-5-2-6-10-14;1-14(2)12(16-14)9-15-8-11-13(17-11)10-6-4-3-5-7-10;1-14(2)12(17-14)9-15-8-11-13(16-11)10-6-4-3-5-7-10;1-13(9-16-13)8-14-7-11-12(15-11)10-5-3-2-4-6-10;1-13(9-15-13)8-14-7-11-12(16-11)10-5-3-2-4-6-10;1-2-4-9(5-3-1)12-11(14-12)7-13-6-10-8-15-10;1-2-4-9(5-3-1)12-11(15-12)8-13-6-10-7-14-10/h1-10,15-18H,11-12H2;2*3-7,11-13H,8-9H2,1-2H3;2*2-6,11-12H,7-9H2,1H3;2*1-5,10-12H,6-8H2. The fraction of sp³-hybridized carbons (Fsp3) is 0.500. The lowest BCUT2D eigenvalue weighted by atomic mass is 10.1. The van der Waals surface area contributed by atoms with Crippen LogP contribution in [-0.2, 0) is 66.3 Å². The van der Waals surface area contributed by atoms with Crippen molar-refractivity contribution < 1.29 is 66.3 Å². The highest BCUT2D eigenvalue weighted by atomic mass is 32.2. The molecule has 21 heteroatoms. The van der Waals surface area contributed by atoms with Crippen molar-refractivity contribution in [2.24, 2.45) is 0 Å². The third-order valence-electron chi connectivity index (χ3n) is 22.3. The van der Waals surface area contributed by atoms with Crippen LogP contribution in [-0.4, -0.2) is 206 Å². The number of hydrogen-bond acceptors (Lipinski definition) is 21. The summed E-state index contributed by atoms with van der Waals surface area (Å²) in [5, 5.41) is 6.56. The van der Waals surface area contributed by atoms with Gasteiger partial charge in [0.05, 0.1) is 111 Å². The molecule has 8 aromatic rings. The Hall–Kier alpha value is -4.35.